The Morgan fingerprint density at radius 2 is 1.77 bits per heavy atom. The molecule has 0 saturated carbocycles. The maximum absolute atomic E-state index is 12.7. The van der Waals surface area contributed by atoms with Crippen molar-refractivity contribution in [1.29, 1.82) is 0 Å². The number of esters is 1. The molecule has 3 aromatic rings. The molecule has 2 aromatic carbocycles. The lowest BCUT2D eigenvalue weighted by Crippen LogP contribution is -2.28. The summed E-state index contributed by atoms with van der Waals surface area (Å²) in [5.41, 5.74) is 4.33. The van der Waals surface area contributed by atoms with Crippen LogP contribution in [-0.2, 0) is 22.5 Å². The van der Waals surface area contributed by atoms with Gasteiger partial charge in [0, 0.05) is 19.5 Å². The van der Waals surface area contributed by atoms with E-state index in [1.54, 1.807) is 12.1 Å². The summed E-state index contributed by atoms with van der Waals surface area (Å²) in [5.74, 6) is 0.124. The lowest BCUT2D eigenvalue weighted by Gasteiger charge is -2.16. The molecule has 0 radical (unpaired) electrons. The summed E-state index contributed by atoms with van der Waals surface area (Å²) in [5, 5.41) is 2.42. The zero-order valence-electron chi connectivity index (χ0n) is 22.5. The first-order valence-corrected chi connectivity index (χ1v) is 14.0. The van der Waals surface area contributed by atoms with E-state index in [1.165, 1.54) is 12.0 Å². The van der Waals surface area contributed by atoms with Gasteiger partial charge in [0.2, 0.25) is 0 Å². The van der Waals surface area contributed by atoms with Gasteiger partial charge in [0.05, 0.1) is 18.4 Å². The lowest BCUT2D eigenvalue weighted by molar-refractivity contribution is -0.116. The molecule has 1 fully saturated rings. The molecule has 4 rings (SSSR count). The fourth-order valence-electron chi connectivity index (χ4n) is 4.59. The number of imide groups is 1. The van der Waals surface area contributed by atoms with Gasteiger partial charge in [-0.1, -0.05) is 69.2 Å². The number of unbranched alkanes of at least 4 members (excludes halogenated alkanes) is 2. The number of imidazole rings is 1. The van der Waals surface area contributed by atoms with Crippen molar-refractivity contribution in [2.75, 3.05) is 13.7 Å². The van der Waals surface area contributed by atoms with Crippen LogP contribution in [0, 0.1) is 0 Å². The number of nitrogens with zero attached hydrogens (tertiary/aromatic N) is 3. The van der Waals surface area contributed by atoms with Gasteiger partial charge < -0.3 is 9.30 Å². The second kappa shape index (κ2) is 12.9. The van der Waals surface area contributed by atoms with E-state index in [9.17, 15) is 14.4 Å². The van der Waals surface area contributed by atoms with Gasteiger partial charge in [-0.25, -0.2) is 14.6 Å². The molecule has 2 heterocycles. The molecule has 0 aliphatic carbocycles. The molecule has 9 heteroatoms. The first kappa shape index (κ1) is 28.3. The Bertz CT molecular complexity index is 1390. The van der Waals surface area contributed by atoms with E-state index < -0.39 is 11.9 Å². The van der Waals surface area contributed by atoms with Crippen LogP contribution in [0.4, 0.5) is 4.79 Å². The van der Waals surface area contributed by atoms with Gasteiger partial charge in [-0.15, -0.1) is 0 Å². The Hall–Kier alpha value is -3.72. The van der Waals surface area contributed by atoms with Crippen molar-refractivity contribution in [2.45, 2.75) is 52.5 Å². The second-order valence-electron chi connectivity index (χ2n) is 9.42. The predicted molar refractivity (Wildman–Crippen MR) is 154 cm³/mol. The van der Waals surface area contributed by atoms with Gasteiger partial charge in [0.15, 0.2) is 0 Å². The Kier molecular flexibility index (Phi) is 9.35. The topological polar surface area (TPSA) is 93.5 Å². The summed E-state index contributed by atoms with van der Waals surface area (Å²) in [6.07, 6.45) is 6.25. The highest BCUT2D eigenvalue weighted by atomic mass is 79.9. The molecule has 204 valence electrons. The van der Waals surface area contributed by atoms with Crippen molar-refractivity contribution < 1.29 is 19.1 Å². The minimum atomic E-state index is -0.403. The average Bonchev–Trinajstić information content (AvgIpc) is 3.39. The third kappa shape index (κ3) is 6.30. The molecular weight excluding hydrogens is 560 g/mol. The molecule has 0 unspecified atom stereocenters. The lowest BCUT2D eigenvalue weighted by atomic mass is 9.98. The van der Waals surface area contributed by atoms with E-state index in [1.807, 2.05) is 49.4 Å². The number of aryl methyl sites for hydroxylation is 1. The number of carbonyl (C=O) groups excluding carboxylic acids is 3. The number of hydrogen-bond donors (Lipinski definition) is 1. The summed E-state index contributed by atoms with van der Waals surface area (Å²) < 4.78 is 7.68. The maximum atomic E-state index is 12.7. The third-order valence-corrected chi connectivity index (χ3v) is 7.31. The molecule has 1 aromatic heterocycles. The van der Waals surface area contributed by atoms with Crippen molar-refractivity contribution >= 4 is 39.9 Å². The predicted octanol–water partition coefficient (Wildman–Crippen LogP) is 6.18. The highest BCUT2D eigenvalue weighted by Gasteiger charge is 2.33. The number of nitrogens with one attached hydrogen (secondary N) is 1. The van der Waals surface area contributed by atoms with Crippen LogP contribution in [0.3, 0.4) is 0 Å². The number of halogens is 1. The number of benzene rings is 2. The van der Waals surface area contributed by atoms with Crippen LogP contribution in [0.15, 0.2) is 58.8 Å². The number of carbonyl (C=O) groups is 3. The van der Waals surface area contributed by atoms with Crippen molar-refractivity contribution in [3.05, 3.63) is 81.5 Å². The van der Waals surface area contributed by atoms with Gasteiger partial charge in [0.1, 0.15) is 16.1 Å². The van der Waals surface area contributed by atoms with Crippen LogP contribution in [-0.4, -0.2) is 46.0 Å². The van der Waals surface area contributed by atoms with Crippen LogP contribution < -0.4 is 5.32 Å². The normalized spacial score (nSPS) is 14.3. The van der Waals surface area contributed by atoms with E-state index in [0.29, 0.717) is 29.0 Å². The van der Waals surface area contributed by atoms with Crippen LogP contribution in [0.1, 0.15) is 67.0 Å². The summed E-state index contributed by atoms with van der Waals surface area (Å²) in [6.45, 7) is 5.18. The van der Waals surface area contributed by atoms with Crippen molar-refractivity contribution in [3.63, 3.8) is 0 Å². The van der Waals surface area contributed by atoms with Crippen molar-refractivity contribution in [2.24, 2.45) is 0 Å². The Morgan fingerprint density at radius 1 is 1.05 bits per heavy atom. The third-order valence-electron chi connectivity index (χ3n) is 6.73. The van der Waals surface area contributed by atoms with Crippen molar-refractivity contribution in [3.8, 4) is 11.1 Å². The van der Waals surface area contributed by atoms with E-state index in [-0.39, 0.29) is 5.97 Å². The number of hydrogen-bond acceptors (Lipinski definition) is 5. The summed E-state index contributed by atoms with van der Waals surface area (Å²) >= 11 is 3.60. The number of methoxy groups -OCH3 is 1. The molecule has 1 saturated heterocycles. The Labute approximate surface area is 237 Å². The van der Waals surface area contributed by atoms with Gasteiger partial charge in [-0.2, -0.15) is 0 Å². The molecule has 0 bridgehead atoms. The minimum absolute atomic E-state index is 0.326. The van der Waals surface area contributed by atoms with Crippen LogP contribution in [0.25, 0.3) is 17.2 Å². The zero-order valence-corrected chi connectivity index (χ0v) is 24.1. The van der Waals surface area contributed by atoms with E-state index in [2.05, 4.69) is 32.7 Å². The summed E-state index contributed by atoms with van der Waals surface area (Å²) in [7, 11) is 1.38. The summed E-state index contributed by atoms with van der Waals surface area (Å²) in [6, 6.07) is 15.0. The highest BCUT2D eigenvalue weighted by Crippen LogP contribution is 2.28. The molecule has 8 nitrogen and oxygen atoms in total. The number of aromatic nitrogens is 2. The molecule has 1 aliphatic rings. The largest absolute Gasteiger partial charge is 0.465 e. The first-order chi connectivity index (χ1) is 18.9. The van der Waals surface area contributed by atoms with Gasteiger partial charge in [-0.3, -0.25) is 15.0 Å². The Morgan fingerprint density at radius 3 is 2.46 bits per heavy atom. The molecule has 39 heavy (non-hydrogen) atoms. The number of amides is 3. The monoisotopic (exact) mass is 592 g/mol. The molecule has 0 spiro atoms. The first-order valence-electron chi connectivity index (χ1n) is 13.2. The Balaban J connectivity index is 1.69. The minimum Gasteiger partial charge on any atom is -0.465 e. The maximum Gasteiger partial charge on any atom is 0.338 e. The number of ether oxygens (including phenoxy) is 1. The van der Waals surface area contributed by atoms with Gasteiger partial charge in [-0.05, 0) is 57.6 Å². The molecular formula is C30H33BrN4O4. The van der Waals surface area contributed by atoms with Crippen LogP contribution in [0.2, 0.25) is 0 Å². The standard InChI is InChI=1S/C30H33BrN4O4/c1-4-6-12-26-32-27(31)24(18-25-28(36)33-30(38)34(25)17-7-5-2)35(26)19-20-13-15-21(16-14-20)22-10-8-9-11-23(22)29(37)39-3/h8-11,13-16,18H,4-7,12,17,19H2,1-3H3,(H,33,36,38)/b25-18+. The van der Waals surface area contributed by atoms with Crippen LogP contribution >= 0.6 is 15.9 Å². The highest BCUT2D eigenvalue weighted by molar-refractivity contribution is 9.10. The van der Waals surface area contributed by atoms with E-state index in [4.69, 9.17) is 9.72 Å². The zero-order chi connectivity index (χ0) is 27.9. The van der Waals surface area contributed by atoms with Gasteiger partial charge >= 0.3 is 12.0 Å². The van der Waals surface area contributed by atoms with Crippen molar-refractivity contribution in [1.82, 2.24) is 19.8 Å². The number of urea groups is 1. The molecule has 1 aliphatic heterocycles. The molecule has 1 N–H and O–H groups in total. The summed E-state index contributed by atoms with van der Waals surface area (Å²) in [4.78, 5) is 43.6. The average molecular weight is 594 g/mol. The fourth-order valence-corrected chi connectivity index (χ4v) is 5.12. The van der Waals surface area contributed by atoms with Crippen LogP contribution in [0.5, 0.6) is 0 Å². The fraction of sp³-hybridized carbons (Fsp3) is 0.333. The van der Waals surface area contributed by atoms with Gasteiger partial charge in [0.25, 0.3) is 5.91 Å². The van der Waals surface area contributed by atoms with E-state index >= 15 is 0 Å². The number of rotatable bonds is 11. The molecule has 3 amide bonds. The second-order valence-corrected chi connectivity index (χ2v) is 10.2. The smallest absolute Gasteiger partial charge is 0.338 e. The SMILES string of the molecule is CCCCc1nc(Br)c(/C=C2\C(=O)NC(=O)N2CCCC)n1Cc1ccc(-c2ccccc2C(=O)OC)cc1. The molecule has 0 atom stereocenters. The quantitative estimate of drug-likeness (QED) is 0.163. The van der Waals surface area contributed by atoms with E-state index in [0.717, 1.165) is 60.3 Å².